The van der Waals surface area contributed by atoms with Crippen LogP contribution in [0.2, 0.25) is 0 Å². The first-order valence-corrected chi connectivity index (χ1v) is 8.95. The van der Waals surface area contributed by atoms with Crippen LogP contribution in [-0.4, -0.2) is 99.4 Å². The number of amides is 5. The van der Waals surface area contributed by atoms with Crippen LogP contribution in [0.1, 0.15) is 33.8 Å². The van der Waals surface area contributed by atoms with E-state index in [0.717, 1.165) is 4.90 Å². The van der Waals surface area contributed by atoms with E-state index < -0.39 is 5.54 Å². The first-order chi connectivity index (χ1) is 12.8. The number of nitrogens with zero attached hydrogens (tertiary/aromatic N) is 6. The van der Waals surface area contributed by atoms with Gasteiger partial charge in [0, 0.05) is 46.8 Å². The summed E-state index contributed by atoms with van der Waals surface area (Å²) in [4.78, 5) is 55.6. The zero-order valence-corrected chi connectivity index (χ0v) is 15.6. The van der Waals surface area contributed by atoms with Crippen LogP contribution in [0, 0.1) is 0 Å². The number of likely N-dealkylation sites (N-methyl/N-ethyl adjacent to an activating group) is 3. The molecule has 1 aromatic rings. The van der Waals surface area contributed by atoms with Crippen LogP contribution in [0.3, 0.4) is 0 Å². The third-order valence-electron chi connectivity index (χ3n) is 6.01. The molecule has 3 aliphatic heterocycles. The van der Waals surface area contributed by atoms with Crippen LogP contribution in [0.25, 0.3) is 0 Å². The zero-order valence-electron chi connectivity index (χ0n) is 15.6. The van der Waals surface area contributed by atoms with Gasteiger partial charge in [0.2, 0.25) is 0 Å². The van der Waals surface area contributed by atoms with E-state index >= 15 is 0 Å². The molecule has 10 heteroatoms. The maximum atomic E-state index is 12.9. The summed E-state index contributed by atoms with van der Waals surface area (Å²) in [5, 5.41) is 4.29. The number of rotatable bonds is 1. The fourth-order valence-electron chi connectivity index (χ4n) is 4.15. The molecule has 27 heavy (non-hydrogen) atoms. The van der Waals surface area contributed by atoms with Crippen molar-refractivity contribution in [2.45, 2.75) is 24.9 Å². The molecule has 1 spiro atoms. The van der Waals surface area contributed by atoms with Crippen molar-refractivity contribution in [2.75, 3.05) is 40.8 Å². The van der Waals surface area contributed by atoms with Crippen LogP contribution >= 0.6 is 0 Å². The predicted octanol–water partition coefficient (Wildman–Crippen LogP) is -0.533. The third-order valence-corrected chi connectivity index (χ3v) is 6.01. The highest BCUT2D eigenvalue weighted by molar-refractivity contribution is 6.07. The summed E-state index contributed by atoms with van der Waals surface area (Å²) in [6, 6.07) is 1.22. The largest absolute Gasteiger partial charge is 0.339 e. The number of aromatic nitrogens is 2. The number of hydrogen-bond acceptors (Lipinski definition) is 5. The second-order valence-electron chi connectivity index (χ2n) is 7.39. The molecule has 1 aromatic heterocycles. The summed E-state index contributed by atoms with van der Waals surface area (Å²) in [5.74, 6) is -0.617. The molecule has 3 aliphatic rings. The smallest absolute Gasteiger partial charge is 0.327 e. The number of urea groups is 1. The van der Waals surface area contributed by atoms with Gasteiger partial charge in [0.25, 0.3) is 17.7 Å². The van der Waals surface area contributed by atoms with Crippen LogP contribution in [0.15, 0.2) is 6.07 Å². The Hall–Kier alpha value is -2.91. The van der Waals surface area contributed by atoms with Crippen molar-refractivity contribution in [3.8, 4) is 0 Å². The zero-order chi connectivity index (χ0) is 19.5. The Balaban J connectivity index is 1.50. The van der Waals surface area contributed by atoms with Gasteiger partial charge in [-0.3, -0.25) is 24.0 Å². The van der Waals surface area contributed by atoms with Crippen molar-refractivity contribution in [3.63, 3.8) is 0 Å². The Morgan fingerprint density at radius 1 is 1.04 bits per heavy atom. The van der Waals surface area contributed by atoms with Gasteiger partial charge in [-0.1, -0.05) is 0 Å². The molecule has 4 rings (SSSR count). The second kappa shape index (κ2) is 5.80. The summed E-state index contributed by atoms with van der Waals surface area (Å²) in [6.07, 6.45) is 0.777. The van der Waals surface area contributed by atoms with Crippen molar-refractivity contribution in [2.24, 2.45) is 0 Å². The van der Waals surface area contributed by atoms with E-state index in [4.69, 9.17) is 0 Å². The first kappa shape index (κ1) is 17.5. The Morgan fingerprint density at radius 3 is 2.30 bits per heavy atom. The molecule has 4 heterocycles. The van der Waals surface area contributed by atoms with Gasteiger partial charge >= 0.3 is 6.03 Å². The molecule has 0 saturated carbocycles. The van der Waals surface area contributed by atoms with E-state index in [9.17, 15) is 19.2 Å². The fourth-order valence-corrected chi connectivity index (χ4v) is 4.15. The van der Waals surface area contributed by atoms with E-state index in [1.54, 1.807) is 28.6 Å². The second-order valence-corrected chi connectivity index (χ2v) is 7.39. The van der Waals surface area contributed by atoms with E-state index in [1.807, 2.05) is 0 Å². The Kier molecular flexibility index (Phi) is 3.76. The van der Waals surface area contributed by atoms with Crippen molar-refractivity contribution in [3.05, 3.63) is 17.5 Å². The minimum absolute atomic E-state index is 0.148. The number of carbonyl (C=O) groups excluding carboxylic acids is 4. The number of piperidine rings is 1. The highest BCUT2D eigenvalue weighted by Crippen LogP contribution is 2.35. The summed E-state index contributed by atoms with van der Waals surface area (Å²) in [6.45, 7) is 1.82. The highest BCUT2D eigenvalue weighted by atomic mass is 16.2. The minimum atomic E-state index is -0.866. The molecular weight excluding hydrogens is 352 g/mol. The molecule has 0 unspecified atom stereocenters. The van der Waals surface area contributed by atoms with Crippen LogP contribution in [0.4, 0.5) is 4.79 Å². The SMILES string of the molecule is CN1CCn2nc(C(=O)N3CCC4(CC3)C(=O)N(C)C(=O)N4C)cc2C1=O. The normalized spacial score (nSPS) is 22.1. The quantitative estimate of drug-likeness (QED) is 0.615. The van der Waals surface area contributed by atoms with Crippen molar-refractivity contribution < 1.29 is 19.2 Å². The summed E-state index contributed by atoms with van der Waals surface area (Å²) < 4.78 is 1.57. The van der Waals surface area contributed by atoms with Crippen molar-refractivity contribution in [1.82, 2.24) is 29.4 Å². The lowest BCUT2D eigenvalue weighted by atomic mass is 9.86. The van der Waals surface area contributed by atoms with E-state index in [0.29, 0.717) is 44.7 Å². The van der Waals surface area contributed by atoms with E-state index in [1.165, 1.54) is 18.0 Å². The van der Waals surface area contributed by atoms with E-state index in [2.05, 4.69) is 5.10 Å². The predicted molar refractivity (Wildman–Crippen MR) is 93.0 cm³/mol. The molecule has 2 fully saturated rings. The molecule has 5 amide bonds. The van der Waals surface area contributed by atoms with Gasteiger partial charge in [-0.15, -0.1) is 0 Å². The minimum Gasteiger partial charge on any atom is -0.339 e. The maximum Gasteiger partial charge on any atom is 0.327 e. The number of hydrogen-bond donors (Lipinski definition) is 0. The van der Waals surface area contributed by atoms with Gasteiger partial charge in [0.1, 0.15) is 11.2 Å². The molecule has 0 atom stereocenters. The van der Waals surface area contributed by atoms with Gasteiger partial charge in [-0.25, -0.2) is 4.79 Å². The first-order valence-electron chi connectivity index (χ1n) is 8.95. The Labute approximate surface area is 156 Å². The van der Waals surface area contributed by atoms with Crippen molar-refractivity contribution >= 4 is 23.8 Å². The molecule has 10 nitrogen and oxygen atoms in total. The molecule has 0 aliphatic carbocycles. The standard InChI is InChI=1S/C17H22N6O4/c1-19-8-9-23-12(14(19)25)10-11(18-23)13(24)22-6-4-17(5-7-22)15(26)20(2)16(27)21(17)3/h10H,4-9H2,1-3H3. The average molecular weight is 374 g/mol. The number of carbonyl (C=O) groups is 4. The topological polar surface area (TPSA) is 99.1 Å². The fraction of sp³-hybridized carbons (Fsp3) is 0.588. The third kappa shape index (κ3) is 2.35. The lowest BCUT2D eigenvalue weighted by Gasteiger charge is -2.40. The molecule has 0 aromatic carbocycles. The number of imide groups is 1. The van der Waals surface area contributed by atoms with Gasteiger partial charge in [-0.05, 0) is 12.8 Å². The van der Waals surface area contributed by atoms with Crippen LogP contribution in [0.5, 0.6) is 0 Å². The molecule has 0 radical (unpaired) electrons. The van der Waals surface area contributed by atoms with E-state index in [-0.39, 0.29) is 29.4 Å². The molecular formula is C17H22N6O4. The van der Waals surface area contributed by atoms with Gasteiger partial charge in [0.15, 0.2) is 5.69 Å². The summed E-state index contributed by atoms with van der Waals surface area (Å²) >= 11 is 0. The molecule has 0 bridgehead atoms. The lowest BCUT2D eigenvalue weighted by Crippen LogP contribution is -2.56. The highest BCUT2D eigenvalue weighted by Gasteiger charge is 2.55. The van der Waals surface area contributed by atoms with Crippen LogP contribution in [-0.2, 0) is 11.3 Å². The molecule has 0 N–H and O–H groups in total. The summed E-state index contributed by atoms with van der Waals surface area (Å²) in [7, 11) is 4.84. The average Bonchev–Trinajstić information content (AvgIpc) is 3.18. The molecule has 144 valence electrons. The van der Waals surface area contributed by atoms with Gasteiger partial charge < -0.3 is 14.7 Å². The monoisotopic (exact) mass is 374 g/mol. The Morgan fingerprint density at radius 2 is 1.70 bits per heavy atom. The van der Waals surface area contributed by atoms with Crippen LogP contribution < -0.4 is 0 Å². The number of likely N-dealkylation sites (tertiary alicyclic amines) is 1. The van der Waals surface area contributed by atoms with Gasteiger partial charge in [-0.2, -0.15) is 5.10 Å². The maximum absolute atomic E-state index is 12.9. The molecule has 2 saturated heterocycles. The van der Waals surface area contributed by atoms with Gasteiger partial charge in [0.05, 0.1) is 6.54 Å². The summed E-state index contributed by atoms with van der Waals surface area (Å²) in [5.41, 5.74) is -0.211. The lowest BCUT2D eigenvalue weighted by molar-refractivity contribution is -0.134. The Bertz CT molecular complexity index is 854. The number of fused-ring (bicyclic) bond motifs is 1. The van der Waals surface area contributed by atoms with Crippen molar-refractivity contribution in [1.29, 1.82) is 0 Å².